The van der Waals surface area contributed by atoms with Gasteiger partial charge in [-0.25, -0.2) is 0 Å². The zero-order valence-electron chi connectivity index (χ0n) is 35.2. The first-order valence-corrected chi connectivity index (χ1v) is 24.1. The second kappa shape index (κ2) is 15.8. The van der Waals surface area contributed by atoms with Gasteiger partial charge in [-0.05, 0) is 103 Å². The third-order valence-electron chi connectivity index (χ3n) is 13.3. The number of hydrogen-bond donors (Lipinski definition) is 0. The van der Waals surface area contributed by atoms with Crippen molar-refractivity contribution in [3.8, 4) is 44.9 Å². The molecular formula is C60H42BNOSi. The number of fused-ring (bicyclic) bond motifs is 4. The maximum atomic E-state index is 6.56. The van der Waals surface area contributed by atoms with E-state index in [9.17, 15) is 0 Å². The Bertz CT molecular complexity index is 3160. The van der Waals surface area contributed by atoms with Crippen LogP contribution in [-0.4, -0.2) is 14.8 Å². The summed E-state index contributed by atoms with van der Waals surface area (Å²) in [5.74, 6) is 1.69. The van der Waals surface area contributed by atoms with Crippen LogP contribution in [0.1, 0.15) is 0 Å². The average Bonchev–Trinajstić information content (AvgIpc) is 3.38. The third-order valence-corrected chi connectivity index (χ3v) is 18.2. The van der Waals surface area contributed by atoms with Gasteiger partial charge in [-0.1, -0.05) is 223 Å². The van der Waals surface area contributed by atoms with Gasteiger partial charge in [0.1, 0.15) is 0 Å². The van der Waals surface area contributed by atoms with Crippen LogP contribution < -0.4 is 46.8 Å². The molecule has 0 aromatic heterocycles. The number of nitrogens with zero attached hydrogens (tertiary/aromatic N) is 1. The Morgan fingerprint density at radius 1 is 0.344 bits per heavy atom. The highest BCUT2D eigenvalue weighted by molar-refractivity contribution is 7.26. The van der Waals surface area contributed by atoms with Gasteiger partial charge in [0.25, 0.3) is 0 Å². The minimum Gasteiger partial charge on any atom is -0.453 e. The molecular weight excluding hydrogens is 790 g/mol. The van der Waals surface area contributed by atoms with Crippen LogP contribution in [0.4, 0.5) is 17.1 Å². The van der Waals surface area contributed by atoms with Crippen LogP contribution in [0.2, 0.25) is 0 Å². The lowest BCUT2D eigenvalue weighted by Gasteiger charge is -2.44. The second-order valence-electron chi connectivity index (χ2n) is 16.7. The summed E-state index contributed by atoms with van der Waals surface area (Å²) in [7, 11) is -3.04. The van der Waals surface area contributed by atoms with E-state index in [0.29, 0.717) is 0 Å². The summed E-state index contributed by atoms with van der Waals surface area (Å²) in [6.07, 6.45) is 0. The van der Waals surface area contributed by atoms with Gasteiger partial charge in [-0.2, -0.15) is 0 Å². The summed E-state index contributed by atoms with van der Waals surface area (Å²) in [5.41, 5.74) is 14.4. The molecule has 0 radical (unpaired) electrons. The molecule has 0 saturated carbocycles. The average molecular weight is 832 g/mol. The molecule has 10 aromatic carbocycles. The standard InChI is InChI=1S/C60H42BNOSi/c1-6-22-43(23-7-1)46-40-50(44-24-8-2-9-25-44)60(51(41-46)45-26-10-3-11-27-45)61-52-32-16-21-37-58(52)64(48-28-12-4-13-29-48,49-30-14-5-15-31-49)59-42-47(38-39-53(59)61)62-54-33-17-19-35-56(54)63-57-36-20-18-34-55(57)62/h1-42H. The van der Waals surface area contributed by atoms with Crippen molar-refractivity contribution in [3.63, 3.8) is 0 Å². The molecule has 10 aromatic rings. The summed E-state index contributed by atoms with van der Waals surface area (Å²) in [4.78, 5) is 2.40. The van der Waals surface area contributed by atoms with Gasteiger partial charge < -0.3 is 9.64 Å². The maximum absolute atomic E-state index is 6.56. The molecule has 2 heterocycles. The fourth-order valence-corrected chi connectivity index (χ4v) is 15.9. The molecule has 300 valence electrons. The minimum absolute atomic E-state index is 0.104. The Balaban J connectivity index is 1.23. The van der Waals surface area contributed by atoms with Crippen molar-refractivity contribution in [3.05, 3.63) is 255 Å². The first kappa shape index (κ1) is 37.8. The van der Waals surface area contributed by atoms with Crippen molar-refractivity contribution in [2.75, 3.05) is 4.90 Å². The summed E-state index contributed by atoms with van der Waals surface area (Å²) in [6.45, 7) is -0.104. The SMILES string of the molecule is c1ccc(-c2cc(-c3ccccc3)c(B3c4ccccc4[Si](c4ccccc4)(c4ccccc4)c4cc(N5c6ccccc6Oc6ccccc65)ccc43)c(-c3ccccc3)c2)cc1. The second-order valence-corrected chi connectivity index (χ2v) is 20.5. The van der Waals surface area contributed by atoms with Crippen LogP contribution in [0.15, 0.2) is 255 Å². The third kappa shape index (κ3) is 6.10. The maximum Gasteiger partial charge on any atom is 0.242 e. The van der Waals surface area contributed by atoms with Gasteiger partial charge in [0.05, 0.1) is 11.4 Å². The van der Waals surface area contributed by atoms with Gasteiger partial charge >= 0.3 is 0 Å². The Kier molecular flexibility index (Phi) is 9.32. The predicted molar refractivity (Wildman–Crippen MR) is 272 cm³/mol. The minimum atomic E-state index is -3.04. The Labute approximate surface area is 376 Å². The van der Waals surface area contributed by atoms with Crippen LogP contribution in [0.25, 0.3) is 33.4 Å². The molecule has 2 nitrogen and oxygen atoms in total. The van der Waals surface area contributed by atoms with Gasteiger partial charge in [-0.15, -0.1) is 0 Å². The number of anilines is 3. The quantitative estimate of drug-likeness (QED) is 0.148. The van der Waals surface area contributed by atoms with E-state index < -0.39 is 8.07 Å². The van der Waals surface area contributed by atoms with E-state index in [0.717, 1.165) is 28.6 Å². The molecule has 4 heteroatoms. The van der Waals surface area contributed by atoms with Crippen LogP contribution in [0.5, 0.6) is 11.5 Å². The van der Waals surface area contributed by atoms with Gasteiger partial charge in [0.15, 0.2) is 19.6 Å². The predicted octanol–water partition coefficient (Wildman–Crippen LogP) is 10.5. The molecule has 0 saturated heterocycles. The molecule has 2 aliphatic heterocycles. The number of benzene rings is 10. The molecule has 0 bridgehead atoms. The number of hydrogen-bond acceptors (Lipinski definition) is 2. The fourth-order valence-electron chi connectivity index (χ4n) is 10.6. The Morgan fingerprint density at radius 2 is 0.781 bits per heavy atom. The number of para-hydroxylation sites is 4. The van der Waals surface area contributed by atoms with Crippen molar-refractivity contribution >= 4 is 69.0 Å². The van der Waals surface area contributed by atoms with Crippen LogP contribution in [0, 0.1) is 0 Å². The lowest BCUT2D eigenvalue weighted by Crippen LogP contribution is -2.86. The first-order valence-electron chi connectivity index (χ1n) is 22.1. The van der Waals surface area contributed by atoms with Crippen LogP contribution in [-0.2, 0) is 0 Å². The normalized spacial score (nSPS) is 13.2. The molecule has 0 unspecified atom stereocenters. The van der Waals surface area contributed by atoms with E-state index >= 15 is 0 Å². The fraction of sp³-hybridized carbons (Fsp3) is 0. The van der Waals surface area contributed by atoms with Crippen molar-refractivity contribution in [2.24, 2.45) is 0 Å². The van der Waals surface area contributed by atoms with E-state index in [1.807, 2.05) is 0 Å². The Morgan fingerprint density at radius 3 is 1.33 bits per heavy atom. The van der Waals surface area contributed by atoms with E-state index in [2.05, 4.69) is 260 Å². The number of rotatable bonds is 7. The lowest BCUT2D eigenvalue weighted by atomic mass is 9.34. The van der Waals surface area contributed by atoms with Crippen molar-refractivity contribution in [1.82, 2.24) is 0 Å². The molecule has 0 atom stereocenters. The molecule has 64 heavy (non-hydrogen) atoms. The van der Waals surface area contributed by atoms with Crippen LogP contribution in [0.3, 0.4) is 0 Å². The monoisotopic (exact) mass is 831 g/mol. The van der Waals surface area contributed by atoms with Gasteiger partial charge in [0, 0.05) is 5.69 Å². The van der Waals surface area contributed by atoms with Gasteiger partial charge in [0.2, 0.25) is 6.71 Å². The summed E-state index contributed by atoms with van der Waals surface area (Å²) in [6, 6.07) is 94.1. The van der Waals surface area contributed by atoms with E-state index in [1.54, 1.807) is 0 Å². The largest absolute Gasteiger partial charge is 0.453 e. The van der Waals surface area contributed by atoms with Crippen LogP contribution >= 0.6 is 0 Å². The van der Waals surface area contributed by atoms with E-state index in [1.165, 1.54) is 70.5 Å². The molecule has 0 spiro atoms. The Hall–Kier alpha value is -7.92. The summed E-state index contributed by atoms with van der Waals surface area (Å²) in [5, 5.41) is 5.52. The molecule has 0 aliphatic carbocycles. The summed E-state index contributed by atoms with van der Waals surface area (Å²) < 4.78 is 6.56. The van der Waals surface area contributed by atoms with Gasteiger partial charge in [-0.3, -0.25) is 0 Å². The highest BCUT2D eigenvalue weighted by Gasteiger charge is 2.51. The van der Waals surface area contributed by atoms with E-state index in [4.69, 9.17) is 4.74 Å². The molecule has 0 amide bonds. The van der Waals surface area contributed by atoms with E-state index in [-0.39, 0.29) is 6.71 Å². The zero-order valence-corrected chi connectivity index (χ0v) is 36.2. The number of ether oxygens (including phenoxy) is 1. The molecule has 2 aliphatic rings. The smallest absolute Gasteiger partial charge is 0.242 e. The molecule has 12 rings (SSSR count). The first-order chi connectivity index (χ1) is 31.8. The highest BCUT2D eigenvalue weighted by atomic mass is 28.3. The molecule has 0 fully saturated rings. The zero-order chi connectivity index (χ0) is 42.5. The van der Waals surface area contributed by atoms with Crippen molar-refractivity contribution in [1.29, 1.82) is 0 Å². The topological polar surface area (TPSA) is 12.5 Å². The van der Waals surface area contributed by atoms with Crippen molar-refractivity contribution in [2.45, 2.75) is 0 Å². The lowest BCUT2D eigenvalue weighted by molar-refractivity contribution is 0.477. The molecule has 0 N–H and O–H groups in total. The van der Waals surface area contributed by atoms with Crippen molar-refractivity contribution < 1.29 is 4.74 Å². The highest BCUT2D eigenvalue weighted by Crippen LogP contribution is 2.50. The summed E-state index contributed by atoms with van der Waals surface area (Å²) >= 11 is 0.